The fraction of sp³-hybridized carbons (Fsp3) is 0.783. The highest BCUT2D eigenvalue weighted by Crippen LogP contribution is 2.79. The number of carbonyl (C=O) groups excluding carboxylic acids is 3. The van der Waals surface area contributed by atoms with Crippen LogP contribution in [0.3, 0.4) is 0 Å². The Hall–Kier alpha value is -1.94. The predicted molar refractivity (Wildman–Crippen MR) is 113 cm³/mol. The smallest absolute Gasteiger partial charge is 0.315 e. The molecule has 4 bridgehead atoms. The molecule has 5 aliphatic rings. The number of esters is 3. The molecule has 10 heteroatoms. The van der Waals surface area contributed by atoms with Crippen LogP contribution in [0.2, 0.25) is 0 Å². The Morgan fingerprint density at radius 3 is 2.52 bits per heavy atom. The number of hydrogen-bond acceptors (Lipinski definition) is 9. The van der Waals surface area contributed by atoms with E-state index in [4.69, 9.17) is 18.4 Å². The molecule has 4 aliphatic carbocycles. The van der Waals surface area contributed by atoms with Crippen LogP contribution in [0, 0.1) is 28.6 Å². The fourth-order valence-electron chi connectivity index (χ4n) is 8.51. The lowest BCUT2D eigenvalue weighted by Crippen LogP contribution is -2.54. The zero-order chi connectivity index (χ0) is 24.2. The maximum Gasteiger partial charge on any atom is 0.315 e. The summed E-state index contributed by atoms with van der Waals surface area (Å²) in [6, 6.07) is 0. The van der Waals surface area contributed by atoms with Crippen molar-refractivity contribution in [2.45, 2.75) is 69.7 Å². The van der Waals surface area contributed by atoms with Crippen LogP contribution in [0.1, 0.15) is 52.4 Å². The fourth-order valence-corrected chi connectivity index (χ4v) is 9.23. The van der Waals surface area contributed by atoms with Crippen LogP contribution < -0.4 is 0 Å². The first-order valence-corrected chi connectivity index (χ1v) is 13.1. The molecule has 182 valence electrons. The van der Waals surface area contributed by atoms with Crippen LogP contribution in [-0.4, -0.2) is 57.0 Å². The SMILES string of the molecule is C=C1C[C@]23C[C@@]1(OC(C)=O)CCC2[C@@]12CC[C@@H](OS(C)(=O)=O)[C@](C)(C(=O)O1)C2C3C(=O)OC. The molecule has 8 atom stereocenters. The molecule has 0 aromatic rings. The highest BCUT2D eigenvalue weighted by Gasteiger charge is 2.85. The summed E-state index contributed by atoms with van der Waals surface area (Å²) in [5, 5.41) is 0. The van der Waals surface area contributed by atoms with Crippen LogP contribution >= 0.6 is 0 Å². The summed E-state index contributed by atoms with van der Waals surface area (Å²) in [6.45, 7) is 7.25. The molecular formula is C23H30O9S. The topological polar surface area (TPSA) is 122 Å². The van der Waals surface area contributed by atoms with E-state index in [1.165, 1.54) is 14.0 Å². The molecule has 5 rings (SSSR count). The van der Waals surface area contributed by atoms with Crippen LogP contribution in [0.5, 0.6) is 0 Å². The predicted octanol–water partition coefficient (Wildman–Crippen LogP) is 1.89. The summed E-state index contributed by atoms with van der Waals surface area (Å²) in [5.74, 6) is -2.93. The average molecular weight is 483 g/mol. The van der Waals surface area contributed by atoms with E-state index >= 15 is 0 Å². The van der Waals surface area contributed by atoms with Crippen molar-refractivity contribution >= 4 is 28.0 Å². The molecule has 33 heavy (non-hydrogen) atoms. The highest BCUT2D eigenvalue weighted by molar-refractivity contribution is 7.86. The van der Waals surface area contributed by atoms with Gasteiger partial charge in [0.15, 0.2) is 0 Å². The van der Waals surface area contributed by atoms with E-state index in [2.05, 4.69) is 6.58 Å². The number of fused-ring (bicyclic) bond motifs is 1. The molecule has 1 spiro atoms. The maximum absolute atomic E-state index is 13.4. The minimum absolute atomic E-state index is 0.160. The maximum atomic E-state index is 13.4. The van der Waals surface area contributed by atoms with Crippen LogP contribution in [0.15, 0.2) is 12.2 Å². The number of methoxy groups -OCH3 is 1. The molecular weight excluding hydrogens is 452 g/mol. The molecule has 3 unspecified atom stereocenters. The summed E-state index contributed by atoms with van der Waals surface area (Å²) >= 11 is 0. The molecule has 5 fully saturated rings. The van der Waals surface area contributed by atoms with Gasteiger partial charge in [-0.15, -0.1) is 0 Å². The van der Waals surface area contributed by atoms with Gasteiger partial charge in [-0.1, -0.05) is 6.58 Å². The standard InChI is InChI=1S/C23H30O9S/c1-12-10-21-11-22(12,30-13(2)24)8-6-14(21)23-9-7-15(32-33(5,27)28)20(3,19(26)31-23)17(23)16(21)18(25)29-4/h14-17H,1,6-11H2,2-5H3/t14?,15-,16?,17?,20+,21+,22+,23-/m1/s1. The van der Waals surface area contributed by atoms with Crippen molar-refractivity contribution in [1.29, 1.82) is 0 Å². The molecule has 0 aromatic heterocycles. The van der Waals surface area contributed by atoms with Gasteiger partial charge in [-0.05, 0) is 56.4 Å². The molecule has 0 N–H and O–H groups in total. The van der Waals surface area contributed by atoms with Crippen molar-refractivity contribution < 1.29 is 41.2 Å². The molecule has 0 radical (unpaired) electrons. The summed E-state index contributed by atoms with van der Waals surface area (Å²) in [5.41, 5.74) is -3.01. The van der Waals surface area contributed by atoms with Gasteiger partial charge in [0.25, 0.3) is 10.1 Å². The Bertz CT molecular complexity index is 1080. The van der Waals surface area contributed by atoms with Gasteiger partial charge in [-0.3, -0.25) is 18.6 Å². The van der Waals surface area contributed by atoms with E-state index < -0.39 is 68.0 Å². The summed E-state index contributed by atoms with van der Waals surface area (Å²) in [4.78, 5) is 38.7. The lowest BCUT2D eigenvalue weighted by atomic mass is 9.59. The molecule has 9 nitrogen and oxygen atoms in total. The number of hydrogen-bond donors (Lipinski definition) is 0. The molecule has 0 aromatic carbocycles. The van der Waals surface area contributed by atoms with E-state index in [-0.39, 0.29) is 5.92 Å². The van der Waals surface area contributed by atoms with E-state index in [0.29, 0.717) is 38.5 Å². The lowest BCUT2D eigenvalue weighted by Gasteiger charge is -2.46. The van der Waals surface area contributed by atoms with E-state index in [0.717, 1.165) is 11.8 Å². The average Bonchev–Trinajstić information content (AvgIpc) is 3.13. The second-order valence-electron chi connectivity index (χ2n) is 10.8. The molecule has 4 saturated carbocycles. The van der Waals surface area contributed by atoms with Crippen molar-refractivity contribution in [3.8, 4) is 0 Å². The minimum Gasteiger partial charge on any atom is -0.469 e. The highest BCUT2D eigenvalue weighted by atomic mass is 32.2. The molecule has 0 amide bonds. The van der Waals surface area contributed by atoms with Gasteiger partial charge in [0.1, 0.15) is 16.6 Å². The van der Waals surface area contributed by atoms with Crippen molar-refractivity contribution in [1.82, 2.24) is 0 Å². The third-order valence-corrected chi connectivity index (χ3v) is 9.90. The first kappa shape index (κ1) is 22.8. The van der Waals surface area contributed by atoms with Gasteiger partial charge >= 0.3 is 17.9 Å². The Morgan fingerprint density at radius 2 is 1.91 bits per heavy atom. The second-order valence-corrected chi connectivity index (χ2v) is 12.4. The van der Waals surface area contributed by atoms with E-state index in [1.807, 2.05) is 0 Å². The van der Waals surface area contributed by atoms with E-state index in [9.17, 15) is 22.8 Å². The Balaban J connectivity index is 1.68. The van der Waals surface area contributed by atoms with Gasteiger partial charge in [-0.25, -0.2) is 0 Å². The Kier molecular flexibility index (Phi) is 4.56. The number of ether oxygens (including phenoxy) is 3. The van der Waals surface area contributed by atoms with Crippen molar-refractivity contribution in [2.75, 3.05) is 13.4 Å². The zero-order valence-electron chi connectivity index (χ0n) is 19.3. The quantitative estimate of drug-likeness (QED) is 0.256. The van der Waals surface area contributed by atoms with Gasteiger partial charge in [0, 0.05) is 18.8 Å². The van der Waals surface area contributed by atoms with Crippen LogP contribution in [0.4, 0.5) is 0 Å². The summed E-state index contributed by atoms with van der Waals surface area (Å²) in [7, 11) is -2.54. The van der Waals surface area contributed by atoms with Gasteiger partial charge in [-0.2, -0.15) is 8.42 Å². The second kappa shape index (κ2) is 6.59. The largest absolute Gasteiger partial charge is 0.469 e. The van der Waals surface area contributed by atoms with Crippen molar-refractivity contribution in [3.05, 3.63) is 12.2 Å². The normalized spacial score (nSPS) is 47.5. The van der Waals surface area contributed by atoms with Crippen LogP contribution in [0.25, 0.3) is 0 Å². The van der Waals surface area contributed by atoms with Crippen molar-refractivity contribution in [3.63, 3.8) is 0 Å². The molecule has 1 heterocycles. The zero-order valence-corrected chi connectivity index (χ0v) is 20.2. The first-order chi connectivity index (χ1) is 15.3. The minimum atomic E-state index is -3.85. The first-order valence-electron chi connectivity index (χ1n) is 11.3. The Morgan fingerprint density at radius 1 is 1.21 bits per heavy atom. The monoisotopic (exact) mass is 482 g/mol. The number of carbonyl (C=O) groups is 3. The third-order valence-electron chi connectivity index (χ3n) is 9.32. The van der Waals surface area contributed by atoms with Crippen molar-refractivity contribution in [2.24, 2.45) is 28.6 Å². The van der Waals surface area contributed by atoms with E-state index in [1.54, 1.807) is 6.92 Å². The van der Waals surface area contributed by atoms with Crippen LogP contribution in [-0.2, 0) is 42.9 Å². The Labute approximate surface area is 193 Å². The molecule has 1 saturated heterocycles. The van der Waals surface area contributed by atoms with Gasteiger partial charge < -0.3 is 14.2 Å². The van der Waals surface area contributed by atoms with Gasteiger partial charge in [0.2, 0.25) is 0 Å². The third kappa shape index (κ3) is 2.68. The summed E-state index contributed by atoms with van der Waals surface area (Å²) < 4.78 is 46.7. The summed E-state index contributed by atoms with van der Waals surface area (Å²) in [6.07, 6.45) is 2.73. The number of rotatable bonds is 4. The van der Waals surface area contributed by atoms with Gasteiger partial charge in [0.05, 0.1) is 25.4 Å². The molecule has 1 aliphatic heterocycles. The lowest BCUT2D eigenvalue weighted by molar-refractivity contribution is -0.169.